The van der Waals surface area contributed by atoms with Crippen molar-refractivity contribution in [1.82, 2.24) is 0 Å². The molecule has 0 amide bonds. The number of esters is 3. The molecule has 5 rings (SSSR count). The van der Waals surface area contributed by atoms with E-state index in [1.54, 1.807) is 24.3 Å². The summed E-state index contributed by atoms with van der Waals surface area (Å²) >= 11 is 0. The van der Waals surface area contributed by atoms with Gasteiger partial charge in [0.05, 0.1) is 17.0 Å². The van der Waals surface area contributed by atoms with Crippen molar-refractivity contribution < 1.29 is 28.6 Å². The van der Waals surface area contributed by atoms with Crippen LogP contribution in [-0.4, -0.2) is 24.5 Å². The average Bonchev–Trinajstić information content (AvgIpc) is 3.63. The topological polar surface area (TPSA) is 78.9 Å². The Morgan fingerprint density at radius 3 is 2.04 bits per heavy atom. The molecule has 45 heavy (non-hydrogen) atoms. The van der Waals surface area contributed by atoms with Crippen LogP contribution in [0.5, 0.6) is 5.75 Å². The smallest absolute Gasteiger partial charge is 0.338 e. The van der Waals surface area contributed by atoms with E-state index in [9.17, 15) is 14.4 Å². The molecule has 2 fully saturated rings. The van der Waals surface area contributed by atoms with E-state index >= 15 is 0 Å². The molecule has 0 heterocycles. The lowest BCUT2D eigenvalue weighted by Crippen LogP contribution is -2.19. The van der Waals surface area contributed by atoms with E-state index in [0.717, 1.165) is 37.2 Å². The summed E-state index contributed by atoms with van der Waals surface area (Å²) in [6.45, 7) is 2.13. The molecule has 3 aromatic rings. The normalized spacial score (nSPS) is 19.0. The number of rotatable bonds is 13. The molecule has 238 valence electrons. The van der Waals surface area contributed by atoms with Crippen LogP contribution in [-0.2, 0) is 14.3 Å². The van der Waals surface area contributed by atoms with Gasteiger partial charge in [0.1, 0.15) is 12.4 Å². The third-order valence-corrected chi connectivity index (χ3v) is 9.46. The fourth-order valence-corrected chi connectivity index (χ4v) is 6.68. The summed E-state index contributed by atoms with van der Waals surface area (Å²) in [6.07, 6.45) is 13.3. The summed E-state index contributed by atoms with van der Waals surface area (Å²) in [5.41, 5.74) is 2.81. The van der Waals surface area contributed by atoms with Gasteiger partial charge in [-0.1, -0.05) is 87.9 Å². The van der Waals surface area contributed by atoms with Gasteiger partial charge < -0.3 is 14.2 Å². The Morgan fingerprint density at radius 1 is 0.733 bits per heavy atom. The summed E-state index contributed by atoms with van der Waals surface area (Å²) in [6, 6.07) is 23.5. The molecule has 2 aliphatic carbocycles. The molecule has 3 aromatic carbocycles. The van der Waals surface area contributed by atoms with Gasteiger partial charge in [0.15, 0.2) is 6.10 Å². The first-order valence-corrected chi connectivity index (χ1v) is 16.8. The van der Waals surface area contributed by atoms with Crippen LogP contribution in [0.15, 0.2) is 78.9 Å². The zero-order valence-electron chi connectivity index (χ0n) is 26.5. The lowest BCUT2D eigenvalue weighted by Gasteiger charge is -2.29. The minimum atomic E-state index is -0.767. The third-order valence-electron chi connectivity index (χ3n) is 9.46. The number of benzene rings is 3. The van der Waals surface area contributed by atoms with Gasteiger partial charge in [0.2, 0.25) is 0 Å². The van der Waals surface area contributed by atoms with Crippen LogP contribution in [0.1, 0.15) is 128 Å². The fourth-order valence-electron chi connectivity index (χ4n) is 6.68. The van der Waals surface area contributed by atoms with Crippen LogP contribution >= 0.6 is 0 Å². The summed E-state index contributed by atoms with van der Waals surface area (Å²) in [5.74, 6) is 0.532. The summed E-state index contributed by atoms with van der Waals surface area (Å²) < 4.78 is 17.0. The number of carbonyl (C=O) groups is 3. The van der Waals surface area contributed by atoms with Gasteiger partial charge in [-0.15, -0.1) is 0 Å². The number of ether oxygens (including phenoxy) is 3. The van der Waals surface area contributed by atoms with Crippen LogP contribution in [0.25, 0.3) is 0 Å². The maximum Gasteiger partial charge on any atom is 0.338 e. The highest BCUT2D eigenvalue weighted by atomic mass is 16.6. The molecule has 6 nitrogen and oxygen atoms in total. The quantitative estimate of drug-likeness (QED) is 0.109. The SMILES string of the molecule is CCCCCC1CCC(c2ccc(C(=O)OC(COC(=O)c3ccc(OC(=O)C4CCCC4)cc3)c3ccccc3)cc2)CC1. The lowest BCUT2D eigenvalue weighted by atomic mass is 9.77. The number of carbonyl (C=O) groups excluding carboxylic acids is 3. The van der Waals surface area contributed by atoms with Gasteiger partial charge in [-0.25, -0.2) is 9.59 Å². The Hall–Kier alpha value is -3.93. The van der Waals surface area contributed by atoms with Crippen molar-refractivity contribution in [2.75, 3.05) is 6.61 Å². The second-order valence-corrected chi connectivity index (χ2v) is 12.7. The Balaban J connectivity index is 1.15. The van der Waals surface area contributed by atoms with Crippen molar-refractivity contribution in [3.63, 3.8) is 0 Å². The van der Waals surface area contributed by atoms with E-state index in [2.05, 4.69) is 19.1 Å². The van der Waals surface area contributed by atoms with E-state index in [1.807, 2.05) is 42.5 Å². The predicted octanol–water partition coefficient (Wildman–Crippen LogP) is 9.39. The van der Waals surface area contributed by atoms with Gasteiger partial charge in [0, 0.05) is 0 Å². The first-order chi connectivity index (χ1) is 22.0. The van der Waals surface area contributed by atoms with Gasteiger partial charge >= 0.3 is 17.9 Å². The fraction of sp³-hybridized carbons (Fsp3) is 0.462. The van der Waals surface area contributed by atoms with Gasteiger partial charge in [-0.2, -0.15) is 0 Å². The third kappa shape index (κ3) is 9.29. The van der Waals surface area contributed by atoms with Crippen LogP contribution in [0.3, 0.4) is 0 Å². The van der Waals surface area contributed by atoms with Gasteiger partial charge in [-0.3, -0.25) is 4.79 Å². The molecule has 0 bridgehead atoms. The molecule has 0 N–H and O–H groups in total. The highest BCUT2D eigenvalue weighted by Crippen LogP contribution is 2.38. The van der Waals surface area contributed by atoms with Crippen molar-refractivity contribution in [2.24, 2.45) is 11.8 Å². The maximum absolute atomic E-state index is 13.2. The van der Waals surface area contributed by atoms with Crippen LogP contribution in [0.4, 0.5) is 0 Å². The molecule has 0 spiro atoms. The number of hydrogen-bond acceptors (Lipinski definition) is 6. The van der Waals surface area contributed by atoms with E-state index in [1.165, 1.54) is 56.9 Å². The minimum absolute atomic E-state index is 0.0462. The Kier molecular flexibility index (Phi) is 11.8. The summed E-state index contributed by atoms with van der Waals surface area (Å²) in [7, 11) is 0. The van der Waals surface area contributed by atoms with Crippen LogP contribution in [0.2, 0.25) is 0 Å². The molecule has 0 radical (unpaired) electrons. The molecule has 0 aromatic heterocycles. The minimum Gasteiger partial charge on any atom is -0.458 e. The van der Waals surface area contributed by atoms with Gasteiger partial charge in [0.25, 0.3) is 0 Å². The standard InChI is InChI=1S/C39H46O6/c1-2-3-5-10-28-15-17-29(18-16-28)30-19-21-34(22-20-30)39(42)45-36(31-11-6-4-7-12-31)27-43-37(40)33-23-25-35(26-24-33)44-38(41)32-13-8-9-14-32/h4,6-7,11-12,19-26,28-29,32,36H,2-3,5,8-10,13-18,27H2,1H3. The number of hydrogen-bond donors (Lipinski definition) is 0. The second-order valence-electron chi connectivity index (χ2n) is 12.7. The van der Waals surface area contributed by atoms with E-state index in [4.69, 9.17) is 14.2 Å². The summed E-state index contributed by atoms with van der Waals surface area (Å²) in [5, 5.41) is 0. The highest BCUT2D eigenvalue weighted by molar-refractivity contribution is 5.90. The van der Waals surface area contributed by atoms with E-state index < -0.39 is 18.0 Å². The van der Waals surface area contributed by atoms with Crippen molar-refractivity contribution in [1.29, 1.82) is 0 Å². The average molecular weight is 611 g/mol. The Labute approximate surface area is 267 Å². The largest absolute Gasteiger partial charge is 0.458 e. The van der Waals surface area contributed by atoms with Crippen molar-refractivity contribution in [3.8, 4) is 5.75 Å². The second kappa shape index (κ2) is 16.4. The number of unbranched alkanes of at least 4 members (excludes halogenated alkanes) is 2. The van der Waals surface area contributed by atoms with Crippen molar-refractivity contribution in [2.45, 2.75) is 96.0 Å². The first kappa shape index (κ1) is 32.5. The van der Waals surface area contributed by atoms with Gasteiger partial charge in [-0.05, 0) is 97.9 Å². The van der Waals surface area contributed by atoms with Crippen molar-refractivity contribution >= 4 is 17.9 Å². The Bertz CT molecular complexity index is 1370. The molecule has 2 aliphatic rings. The molecule has 0 aliphatic heterocycles. The predicted molar refractivity (Wildman–Crippen MR) is 174 cm³/mol. The van der Waals surface area contributed by atoms with Crippen molar-refractivity contribution in [3.05, 3.63) is 101 Å². The summed E-state index contributed by atoms with van der Waals surface area (Å²) in [4.78, 5) is 38.4. The van der Waals surface area contributed by atoms with E-state index in [0.29, 0.717) is 22.8 Å². The molecule has 0 saturated heterocycles. The zero-order chi connectivity index (χ0) is 31.4. The lowest BCUT2D eigenvalue weighted by molar-refractivity contribution is -0.138. The molecular formula is C39H46O6. The van der Waals surface area contributed by atoms with Crippen LogP contribution < -0.4 is 4.74 Å². The van der Waals surface area contributed by atoms with Crippen LogP contribution in [0, 0.1) is 11.8 Å². The molecular weight excluding hydrogens is 564 g/mol. The Morgan fingerprint density at radius 2 is 1.38 bits per heavy atom. The molecule has 6 heteroatoms. The first-order valence-electron chi connectivity index (χ1n) is 16.8. The molecule has 1 unspecified atom stereocenters. The highest BCUT2D eigenvalue weighted by Gasteiger charge is 2.26. The maximum atomic E-state index is 13.2. The molecule has 1 atom stereocenters. The molecule has 2 saturated carbocycles. The zero-order valence-corrected chi connectivity index (χ0v) is 26.5. The van der Waals surface area contributed by atoms with E-state index in [-0.39, 0.29) is 18.5 Å². The monoisotopic (exact) mass is 610 g/mol.